The molecule has 0 saturated carbocycles. The zero-order valence-corrected chi connectivity index (χ0v) is 12.2. The molecule has 20 heavy (non-hydrogen) atoms. The van der Waals surface area contributed by atoms with Gasteiger partial charge in [-0.15, -0.1) is 0 Å². The summed E-state index contributed by atoms with van der Waals surface area (Å²) >= 11 is 1.82. The van der Waals surface area contributed by atoms with Crippen LogP contribution in [-0.4, -0.2) is 22.8 Å². The second kappa shape index (κ2) is 5.20. The summed E-state index contributed by atoms with van der Waals surface area (Å²) in [4.78, 5) is 12.3. The van der Waals surface area contributed by atoms with E-state index in [9.17, 15) is 4.79 Å². The van der Waals surface area contributed by atoms with Gasteiger partial charge in [0.15, 0.2) is 0 Å². The van der Waals surface area contributed by atoms with Gasteiger partial charge in [-0.1, -0.05) is 0 Å². The summed E-state index contributed by atoms with van der Waals surface area (Å²) in [5.41, 5.74) is 2.81. The Balaban J connectivity index is 1.82. The molecule has 0 radical (unpaired) electrons. The number of nitrogens with one attached hydrogen (secondary N) is 1. The molecule has 1 aliphatic heterocycles. The molecule has 1 N–H and O–H groups in total. The molecule has 1 aromatic carbocycles. The van der Waals surface area contributed by atoms with E-state index >= 15 is 0 Å². The molecule has 5 nitrogen and oxygen atoms in total. The number of amides is 1. The smallest absolute Gasteiger partial charge is 0.256 e. The number of hydrogen-bond acceptors (Lipinski definition) is 4. The quantitative estimate of drug-likeness (QED) is 0.943. The van der Waals surface area contributed by atoms with Crippen LogP contribution in [0.15, 0.2) is 24.3 Å². The van der Waals surface area contributed by atoms with Crippen LogP contribution in [0, 0.1) is 0 Å². The van der Waals surface area contributed by atoms with E-state index in [1.807, 2.05) is 18.8 Å². The minimum atomic E-state index is -0.129. The van der Waals surface area contributed by atoms with E-state index in [2.05, 4.69) is 10.4 Å². The van der Waals surface area contributed by atoms with Gasteiger partial charge < -0.3 is 10.1 Å². The van der Waals surface area contributed by atoms with Gasteiger partial charge in [-0.25, -0.2) is 0 Å². The fraction of sp³-hybridized carbons (Fsp3) is 0.286. The second-order valence-electron chi connectivity index (χ2n) is 4.57. The van der Waals surface area contributed by atoms with Crippen LogP contribution < -0.4 is 10.1 Å². The van der Waals surface area contributed by atoms with Crippen LogP contribution in [-0.2, 0) is 18.6 Å². The van der Waals surface area contributed by atoms with Gasteiger partial charge in [0.25, 0.3) is 5.91 Å². The molecular weight excluding hydrogens is 274 g/mol. The largest absolute Gasteiger partial charge is 0.497 e. The van der Waals surface area contributed by atoms with Crippen molar-refractivity contribution in [1.82, 2.24) is 9.78 Å². The molecule has 1 aliphatic rings. The number of thioether (sulfide) groups is 1. The maximum absolute atomic E-state index is 12.3. The highest BCUT2D eigenvalue weighted by Crippen LogP contribution is 2.34. The summed E-state index contributed by atoms with van der Waals surface area (Å²) in [5.74, 6) is 3.23. The van der Waals surface area contributed by atoms with Crippen molar-refractivity contribution < 1.29 is 9.53 Å². The summed E-state index contributed by atoms with van der Waals surface area (Å²) in [6, 6.07) is 7.05. The van der Waals surface area contributed by atoms with Crippen LogP contribution >= 0.6 is 11.8 Å². The average molecular weight is 289 g/mol. The van der Waals surface area contributed by atoms with Gasteiger partial charge in [0.2, 0.25) is 0 Å². The lowest BCUT2D eigenvalue weighted by Crippen LogP contribution is -2.15. The minimum Gasteiger partial charge on any atom is -0.497 e. The van der Waals surface area contributed by atoms with E-state index in [1.54, 1.807) is 36.1 Å². The van der Waals surface area contributed by atoms with Crippen LogP contribution in [0.4, 0.5) is 5.82 Å². The normalized spacial score (nSPS) is 13.1. The van der Waals surface area contributed by atoms with Gasteiger partial charge >= 0.3 is 0 Å². The Morgan fingerprint density at radius 3 is 2.80 bits per heavy atom. The molecule has 0 saturated heterocycles. The maximum atomic E-state index is 12.3. The Hall–Kier alpha value is -1.95. The molecule has 0 atom stereocenters. The highest BCUT2D eigenvalue weighted by atomic mass is 32.2. The molecule has 1 aromatic heterocycles. The highest BCUT2D eigenvalue weighted by molar-refractivity contribution is 7.98. The first-order valence-electron chi connectivity index (χ1n) is 6.27. The average Bonchev–Trinajstić information content (AvgIpc) is 3.02. The van der Waals surface area contributed by atoms with E-state index in [1.165, 1.54) is 0 Å². The van der Waals surface area contributed by atoms with Gasteiger partial charge in [-0.3, -0.25) is 9.48 Å². The fourth-order valence-electron chi connectivity index (χ4n) is 2.22. The summed E-state index contributed by atoms with van der Waals surface area (Å²) in [7, 11) is 3.46. The van der Waals surface area contributed by atoms with Gasteiger partial charge in [0.1, 0.15) is 11.6 Å². The Morgan fingerprint density at radius 1 is 1.35 bits per heavy atom. The third-order valence-electron chi connectivity index (χ3n) is 3.30. The molecule has 0 fully saturated rings. The molecule has 0 unspecified atom stereocenters. The fourth-order valence-corrected chi connectivity index (χ4v) is 3.25. The number of methoxy groups -OCH3 is 1. The summed E-state index contributed by atoms with van der Waals surface area (Å²) in [6.45, 7) is 0. The van der Waals surface area contributed by atoms with Crippen LogP contribution in [0.25, 0.3) is 0 Å². The lowest BCUT2D eigenvalue weighted by molar-refractivity contribution is 0.102. The molecule has 2 heterocycles. The number of benzene rings is 1. The Labute approximate surface area is 121 Å². The van der Waals surface area contributed by atoms with Crippen molar-refractivity contribution in [2.45, 2.75) is 11.5 Å². The number of hydrogen-bond donors (Lipinski definition) is 1. The van der Waals surface area contributed by atoms with Crippen molar-refractivity contribution in [1.29, 1.82) is 0 Å². The molecule has 0 spiro atoms. The van der Waals surface area contributed by atoms with Gasteiger partial charge in [-0.05, 0) is 24.3 Å². The van der Waals surface area contributed by atoms with Crippen molar-refractivity contribution in [3.63, 3.8) is 0 Å². The predicted octanol–water partition coefficient (Wildman–Crippen LogP) is 2.43. The first-order valence-corrected chi connectivity index (χ1v) is 7.42. The molecule has 6 heteroatoms. The Bertz CT molecular complexity index is 649. The number of rotatable bonds is 3. The van der Waals surface area contributed by atoms with E-state index in [0.717, 1.165) is 34.3 Å². The molecule has 1 amide bonds. The number of aromatic nitrogens is 2. The number of aryl methyl sites for hydroxylation is 1. The van der Waals surface area contributed by atoms with Crippen LogP contribution in [0.2, 0.25) is 0 Å². The van der Waals surface area contributed by atoms with E-state index in [4.69, 9.17) is 4.74 Å². The van der Waals surface area contributed by atoms with Crippen LogP contribution in [0.1, 0.15) is 21.6 Å². The summed E-state index contributed by atoms with van der Waals surface area (Å²) in [6.07, 6.45) is 0. The topological polar surface area (TPSA) is 56.1 Å². The highest BCUT2D eigenvalue weighted by Gasteiger charge is 2.22. The standard InChI is InChI=1S/C14H15N3O2S/c1-17-13(11-7-20-8-12(11)16-17)15-14(18)9-3-5-10(19-2)6-4-9/h3-6H,7-8H2,1-2H3,(H,15,18). The van der Waals surface area contributed by atoms with Crippen molar-refractivity contribution in [3.8, 4) is 5.75 Å². The van der Waals surface area contributed by atoms with Gasteiger partial charge in [0, 0.05) is 29.7 Å². The Morgan fingerprint density at radius 2 is 2.10 bits per heavy atom. The zero-order chi connectivity index (χ0) is 14.1. The molecular formula is C14H15N3O2S. The van der Waals surface area contributed by atoms with Crippen molar-refractivity contribution >= 4 is 23.5 Å². The third-order valence-corrected chi connectivity index (χ3v) is 4.27. The number of fused-ring (bicyclic) bond motifs is 1. The van der Waals surface area contributed by atoms with E-state index in [-0.39, 0.29) is 5.91 Å². The summed E-state index contributed by atoms with van der Waals surface area (Å²) < 4.78 is 6.83. The van der Waals surface area contributed by atoms with Crippen LogP contribution in [0.5, 0.6) is 5.75 Å². The third kappa shape index (κ3) is 2.27. The SMILES string of the molecule is COc1ccc(C(=O)Nc2c3c(nn2C)CSC3)cc1. The molecule has 104 valence electrons. The number of carbonyl (C=O) groups is 1. The monoisotopic (exact) mass is 289 g/mol. The Kier molecular flexibility index (Phi) is 3.40. The molecule has 2 aromatic rings. The zero-order valence-electron chi connectivity index (χ0n) is 11.3. The molecule has 3 rings (SSSR count). The second-order valence-corrected chi connectivity index (χ2v) is 5.56. The lowest BCUT2D eigenvalue weighted by atomic mass is 10.2. The lowest BCUT2D eigenvalue weighted by Gasteiger charge is -2.08. The molecule has 0 bridgehead atoms. The van der Waals surface area contributed by atoms with E-state index < -0.39 is 0 Å². The van der Waals surface area contributed by atoms with Gasteiger partial charge in [-0.2, -0.15) is 16.9 Å². The first kappa shape index (κ1) is 13.1. The van der Waals surface area contributed by atoms with Gasteiger partial charge in [0.05, 0.1) is 12.8 Å². The first-order chi connectivity index (χ1) is 9.69. The summed E-state index contributed by atoms with van der Waals surface area (Å²) in [5, 5.41) is 7.38. The molecule has 0 aliphatic carbocycles. The van der Waals surface area contributed by atoms with Crippen molar-refractivity contribution in [2.75, 3.05) is 12.4 Å². The number of nitrogens with zero attached hydrogens (tertiary/aromatic N) is 2. The van der Waals surface area contributed by atoms with E-state index in [0.29, 0.717) is 5.56 Å². The minimum absolute atomic E-state index is 0.129. The van der Waals surface area contributed by atoms with Crippen molar-refractivity contribution in [2.24, 2.45) is 7.05 Å². The number of ether oxygens (including phenoxy) is 1. The van der Waals surface area contributed by atoms with Crippen molar-refractivity contribution in [3.05, 3.63) is 41.1 Å². The predicted molar refractivity (Wildman–Crippen MR) is 79.2 cm³/mol. The number of carbonyl (C=O) groups excluding carboxylic acids is 1. The number of anilines is 1. The maximum Gasteiger partial charge on any atom is 0.256 e. The van der Waals surface area contributed by atoms with Crippen LogP contribution in [0.3, 0.4) is 0 Å².